The van der Waals surface area contributed by atoms with Gasteiger partial charge in [-0.05, 0) is 56.5 Å². The Kier molecular flexibility index (Phi) is 5.27. The molecule has 0 radical (unpaired) electrons. The van der Waals surface area contributed by atoms with Crippen LogP contribution < -0.4 is 0 Å². The normalized spacial score (nSPS) is 19.5. The van der Waals surface area contributed by atoms with Gasteiger partial charge in [0.05, 0.1) is 24.1 Å². The molecular formula is C23H26N6O. The number of imidazole rings is 1. The molecule has 4 heterocycles. The van der Waals surface area contributed by atoms with E-state index in [1.807, 2.05) is 27.8 Å². The molecular weight excluding hydrogens is 376 g/mol. The highest BCUT2D eigenvalue weighted by molar-refractivity contribution is 5.94. The zero-order chi connectivity index (χ0) is 20.3. The Morgan fingerprint density at radius 1 is 1.00 bits per heavy atom. The van der Waals surface area contributed by atoms with E-state index < -0.39 is 0 Å². The SMILES string of the molecule is O=C(c1ccc(CN2CCCC2)cc1)N1CCC[C@@H]1c1cncc(-n2ccnc2)n1. The first-order valence-electron chi connectivity index (χ1n) is 10.7. The number of nitrogens with zero attached hydrogens (tertiary/aromatic N) is 6. The highest BCUT2D eigenvalue weighted by Crippen LogP contribution is 2.32. The van der Waals surface area contributed by atoms with E-state index in [-0.39, 0.29) is 11.9 Å². The van der Waals surface area contributed by atoms with E-state index in [1.54, 1.807) is 24.9 Å². The quantitative estimate of drug-likeness (QED) is 0.655. The number of amides is 1. The van der Waals surface area contributed by atoms with Crippen molar-refractivity contribution in [1.29, 1.82) is 0 Å². The van der Waals surface area contributed by atoms with Gasteiger partial charge in [0.25, 0.3) is 5.91 Å². The fraction of sp³-hybridized carbons (Fsp3) is 0.391. The second kappa shape index (κ2) is 8.36. The van der Waals surface area contributed by atoms with Gasteiger partial charge in [-0.15, -0.1) is 0 Å². The van der Waals surface area contributed by atoms with Crippen molar-refractivity contribution in [2.75, 3.05) is 19.6 Å². The molecule has 154 valence electrons. The Bertz CT molecular complexity index is 995. The molecule has 7 nitrogen and oxygen atoms in total. The molecule has 2 saturated heterocycles. The lowest BCUT2D eigenvalue weighted by Gasteiger charge is -2.24. The molecule has 3 aromatic rings. The standard InChI is InChI=1S/C23H26N6O/c30-23(19-7-5-18(6-8-19)16-27-10-1-2-11-27)29-12-3-4-21(29)20-14-25-15-22(26-20)28-13-9-24-17-28/h5-9,13-15,17,21H,1-4,10-12,16H2/t21-/m1/s1. The molecule has 0 spiro atoms. The average Bonchev–Trinajstić information content (AvgIpc) is 3.56. The number of aromatic nitrogens is 4. The van der Waals surface area contributed by atoms with Gasteiger partial charge in [0.2, 0.25) is 0 Å². The Morgan fingerprint density at radius 2 is 1.83 bits per heavy atom. The number of likely N-dealkylation sites (tertiary alicyclic amines) is 2. The maximum Gasteiger partial charge on any atom is 0.254 e. The van der Waals surface area contributed by atoms with Gasteiger partial charge in [-0.1, -0.05) is 12.1 Å². The minimum absolute atomic E-state index is 0.0438. The van der Waals surface area contributed by atoms with Crippen LogP contribution in [-0.4, -0.2) is 54.9 Å². The third-order valence-electron chi connectivity index (χ3n) is 6.07. The van der Waals surface area contributed by atoms with Gasteiger partial charge < -0.3 is 4.90 Å². The van der Waals surface area contributed by atoms with Crippen molar-refractivity contribution in [2.45, 2.75) is 38.3 Å². The van der Waals surface area contributed by atoms with E-state index >= 15 is 0 Å². The van der Waals surface area contributed by atoms with Crippen LogP contribution in [0, 0.1) is 0 Å². The molecule has 0 bridgehead atoms. The van der Waals surface area contributed by atoms with Gasteiger partial charge in [-0.25, -0.2) is 9.97 Å². The maximum absolute atomic E-state index is 13.3. The van der Waals surface area contributed by atoms with Crippen LogP contribution in [0.5, 0.6) is 0 Å². The summed E-state index contributed by atoms with van der Waals surface area (Å²) in [5.74, 6) is 0.788. The van der Waals surface area contributed by atoms with Gasteiger partial charge >= 0.3 is 0 Å². The molecule has 2 aromatic heterocycles. The number of carbonyl (C=O) groups excluding carboxylic acids is 1. The molecule has 2 aliphatic heterocycles. The molecule has 0 aliphatic carbocycles. The van der Waals surface area contributed by atoms with Gasteiger partial charge in [-0.3, -0.25) is 19.2 Å². The maximum atomic E-state index is 13.3. The summed E-state index contributed by atoms with van der Waals surface area (Å²) in [4.78, 5) is 30.9. The lowest BCUT2D eigenvalue weighted by atomic mass is 10.1. The lowest BCUT2D eigenvalue weighted by Crippen LogP contribution is -2.31. The number of hydrogen-bond donors (Lipinski definition) is 0. The van der Waals surface area contributed by atoms with Crippen LogP contribution in [-0.2, 0) is 6.54 Å². The Hall–Kier alpha value is -3.06. The van der Waals surface area contributed by atoms with Crippen molar-refractivity contribution in [2.24, 2.45) is 0 Å². The minimum Gasteiger partial charge on any atom is -0.330 e. The molecule has 0 unspecified atom stereocenters. The summed E-state index contributed by atoms with van der Waals surface area (Å²) in [6, 6.07) is 8.08. The van der Waals surface area contributed by atoms with Crippen LogP contribution in [0.4, 0.5) is 0 Å². The van der Waals surface area contributed by atoms with E-state index in [1.165, 1.54) is 31.5 Å². The molecule has 0 N–H and O–H groups in total. The summed E-state index contributed by atoms with van der Waals surface area (Å²) in [5.41, 5.74) is 2.84. The van der Waals surface area contributed by atoms with E-state index in [0.717, 1.165) is 43.0 Å². The molecule has 1 aromatic carbocycles. The van der Waals surface area contributed by atoms with Crippen LogP contribution in [0.3, 0.4) is 0 Å². The predicted molar refractivity (Wildman–Crippen MR) is 113 cm³/mol. The Labute approximate surface area is 176 Å². The van der Waals surface area contributed by atoms with E-state index in [4.69, 9.17) is 4.98 Å². The summed E-state index contributed by atoms with van der Waals surface area (Å²) in [6.45, 7) is 4.07. The number of benzene rings is 1. The van der Waals surface area contributed by atoms with Crippen molar-refractivity contribution < 1.29 is 4.79 Å². The first kappa shape index (κ1) is 18.9. The highest BCUT2D eigenvalue weighted by atomic mass is 16.2. The first-order chi connectivity index (χ1) is 14.8. The highest BCUT2D eigenvalue weighted by Gasteiger charge is 2.32. The second-order valence-electron chi connectivity index (χ2n) is 8.11. The van der Waals surface area contributed by atoms with Crippen molar-refractivity contribution in [3.05, 3.63) is 72.2 Å². The second-order valence-corrected chi connectivity index (χ2v) is 8.11. The third-order valence-corrected chi connectivity index (χ3v) is 6.07. The van der Waals surface area contributed by atoms with Crippen LogP contribution in [0.1, 0.15) is 53.3 Å². The van der Waals surface area contributed by atoms with E-state index in [0.29, 0.717) is 0 Å². The molecule has 7 heteroatoms. The van der Waals surface area contributed by atoms with Crippen molar-refractivity contribution in [3.63, 3.8) is 0 Å². The Morgan fingerprint density at radius 3 is 2.60 bits per heavy atom. The Balaban J connectivity index is 1.32. The van der Waals surface area contributed by atoms with Crippen LogP contribution in [0.25, 0.3) is 5.82 Å². The average molecular weight is 403 g/mol. The van der Waals surface area contributed by atoms with Gasteiger partial charge in [0.1, 0.15) is 6.33 Å². The molecule has 1 amide bonds. The predicted octanol–water partition coefficient (Wildman–Crippen LogP) is 3.24. The summed E-state index contributed by atoms with van der Waals surface area (Å²) < 4.78 is 1.83. The lowest BCUT2D eigenvalue weighted by molar-refractivity contribution is 0.0732. The minimum atomic E-state index is -0.0438. The topological polar surface area (TPSA) is 67.2 Å². The van der Waals surface area contributed by atoms with Gasteiger partial charge in [-0.2, -0.15) is 0 Å². The molecule has 30 heavy (non-hydrogen) atoms. The molecule has 2 fully saturated rings. The van der Waals surface area contributed by atoms with Crippen LogP contribution in [0.15, 0.2) is 55.4 Å². The van der Waals surface area contributed by atoms with Crippen LogP contribution >= 0.6 is 0 Å². The first-order valence-corrected chi connectivity index (χ1v) is 10.7. The van der Waals surface area contributed by atoms with Crippen molar-refractivity contribution >= 4 is 5.91 Å². The molecule has 0 saturated carbocycles. The molecule has 2 aliphatic rings. The summed E-state index contributed by atoms with van der Waals surface area (Å²) in [7, 11) is 0. The smallest absolute Gasteiger partial charge is 0.254 e. The summed E-state index contributed by atoms with van der Waals surface area (Å²) in [5, 5.41) is 0. The zero-order valence-corrected chi connectivity index (χ0v) is 17.0. The molecule has 1 atom stereocenters. The molecule has 5 rings (SSSR count). The number of hydrogen-bond acceptors (Lipinski definition) is 5. The fourth-order valence-electron chi connectivity index (χ4n) is 4.48. The third kappa shape index (κ3) is 3.85. The van der Waals surface area contributed by atoms with Crippen LogP contribution in [0.2, 0.25) is 0 Å². The van der Waals surface area contributed by atoms with Crippen molar-refractivity contribution in [3.8, 4) is 5.82 Å². The number of carbonyl (C=O) groups is 1. The van der Waals surface area contributed by atoms with Crippen molar-refractivity contribution in [1.82, 2.24) is 29.3 Å². The zero-order valence-electron chi connectivity index (χ0n) is 17.0. The number of rotatable bonds is 5. The largest absolute Gasteiger partial charge is 0.330 e. The fourth-order valence-corrected chi connectivity index (χ4v) is 4.48. The van der Waals surface area contributed by atoms with E-state index in [9.17, 15) is 4.79 Å². The summed E-state index contributed by atoms with van der Waals surface area (Å²) in [6.07, 6.45) is 13.2. The monoisotopic (exact) mass is 402 g/mol. The van der Waals surface area contributed by atoms with E-state index in [2.05, 4.69) is 27.0 Å². The van der Waals surface area contributed by atoms with Gasteiger partial charge in [0.15, 0.2) is 5.82 Å². The van der Waals surface area contributed by atoms with Gasteiger partial charge in [0, 0.05) is 31.0 Å². The summed E-state index contributed by atoms with van der Waals surface area (Å²) >= 11 is 0.